The highest BCUT2D eigenvalue weighted by molar-refractivity contribution is 7.81. The van der Waals surface area contributed by atoms with Gasteiger partial charge in [-0.3, -0.25) is 0 Å². The predicted octanol–water partition coefficient (Wildman–Crippen LogP) is 4.39. The second kappa shape index (κ2) is 12.3. The standard InChI is InChI=1S/C27H30O5S/c28-27-26(33)25(31-18-22-14-8-3-9-15-22)24(30-17-21-12-6-2-7-13-21)23(32-27)19-29-16-20-10-4-1-5-11-20/h1-15,23-28,33H,16-19H2/t23-,24-,25+,26+,27+/m1/s1. The summed E-state index contributed by atoms with van der Waals surface area (Å²) in [5.41, 5.74) is 3.15. The Morgan fingerprint density at radius 3 is 1.64 bits per heavy atom. The van der Waals surface area contributed by atoms with Gasteiger partial charge in [0.1, 0.15) is 18.3 Å². The van der Waals surface area contributed by atoms with E-state index in [1.54, 1.807) is 0 Å². The Bertz CT molecular complexity index is 941. The maximum Gasteiger partial charge on any atom is 0.169 e. The number of hydrogen-bond acceptors (Lipinski definition) is 6. The summed E-state index contributed by atoms with van der Waals surface area (Å²) in [4.78, 5) is 0. The molecule has 33 heavy (non-hydrogen) atoms. The molecule has 0 spiro atoms. The second-order valence-corrected chi connectivity index (χ2v) is 8.68. The summed E-state index contributed by atoms with van der Waals surface area (Å²) in [6.45, 7) is 1.49. The first kappa shape index (κ1) is 24.0. The summed E-state index contributed by atoms with van der Waals surface area (Å²) in [7, 11) is 0. The number of rotatable bonds is 10. The topological polar surface area (TPSA) is 57.2 Å². The van der Waals surface area contributed by atoms with E-state index in [0.717, 1.165) is 16.7 Å². The van der Waals surface area contributed by atoms with Crippen LogP contribution < -0.4 is 0 Å². The maximum absolute atomic E-state index is 10.5. The number of thiol groups is 1. The molecule has 0 radical (unpaired) electrons. The third-order valence-corrected chi connectivity index (χ3v) is 6.15. The number of ether oxygens (including phenoxy) is 4. The summed E-state index contributed by atoms with van der Waals surface area (Å²) < 4.78 is 24.4. The van der Waals surface area contributed by atoms with Crippen LogP contribution in [-0.4, -0.2) is 41.6 Å². The van der Waals surface area contributed by atoms with E-state index >= 15 is 0 Å². The van der Waals surface area contributed by atoms with Crippen molar-refractivity contribution in [3.05, 3.63) is 108 Å². The molecule has 174 valence electrons. The second-order valence-electron chi connectivity index (χ2n) is 8.08. The van der Waals surface area contributed by atoms with Gasteiger partial charge in [0.15, 0.2) is 6.29 Å². The molecule has 3 aromatic rings. The van der Waals surface area contributed by atoms with E-state index < -0.39 is 29.9 Å². The van der Waals surface area contributed by atoms with E-state index in [9.17, 15) is 5.11 Å². The van der Waals surface area contributed by atoms with Gasteiger partial charge in [-0.2, -0.15) is 12.6 Å². The van der Waals surface area contributed by atoms with Crippen LogP contribution in [0.25, 0.3) is 0 Å². The number of aliphatic hydroxyl groups is 1. The van der Waals surface area contributed by atoms with E-state index in [2.05, 4.69) is 12.6 Å². The molecule has 1 fully saturated rings. The molecule has 0 unspecified atom stereocenters. The van der Waals surface area contributed by atoms with Crippen molar-refractivity contribution in [2.45, 2.75) is 49.7 Å². The molecule has 1 N–H and O–H groups in total. The van der Waals surface area contributed by atoms with Crippen LogP contribution in [0.5, 0.6) is 0 Å². The Morgan fingerprint density at radius 1 is 0.667 bits per heavy atom. The van der Waals surface area contributed by atoms with E-state index in [0.29, 0.717) is 19.8 Å². The molecule has 5 atom stereocenters. The Hall–Kier alpha value is -2.19. The van der Waals surface area contributed by atoms with Gasteiger partial charge in [-0.1, -0.05) is 91.0 Å². The maximum atomic E-state index is 10.5. The highest BCUT2D eigenvalue weighted by Gasteiger charge is 2.45. The third kappa shape index (κ3) is 6.90. The minimum atomic E-state index is -1.09. The molecule has 0 aliphatic carbocycles. The van der Waals surface area contributed by atoms with Crippen molar-refractivity contribution in [2.75, 3.05) is 6.61 Å². The van der Waals surface area contributed by atoms with Crippen molar-refractivity contribution in [1.29, 1.82) is 0 Å². The summed E-state index contributed by atoms with van der Waals surface area (Å²) in [5, 5.41) is 9.99. The molecule has 0 aromatic heterocycles. The zero-order valence-electron chi connectivity index (χ0n) is 18.4. The van der Waals surface area contributed by atoms with Crippen LogP contribution >= 0.6 is 12.6 Å². The average molecular weight is 467 g/mol. The lowest BCUT2D eigenvalue weighted by Crippen LogP contribution is -2.58. The average Bonchev–Trinajstić information content (AvgIpc) is 2.86. The van der Waals surface area contributed by atoms with Crippen molar-refractivity contribution in [3.8, 4) is 0 Å². The molecule has 3 aromatic carbocycles. The van der Waals surface area contributed by atoms with Gasteiger partial charge < -0.3 is 24.1 Å². The Labute approximate surface area is 200 Å². The van der Waals surface area contributed by atoms with E-state index in [4.69, 9.17) is 18.9 Å². The third-order valence-electron chi connectivity index (χ3n) is 5.60. The SMILES string of the molecule is O[C@H]1O[C@H](COCc2ccccc2)[C@@H](OCc2ccccc2)[C@H](OCc2ccccc2)[C@@H]1S. The Morgan fingerprint density at radius 2 is 1.12 bits per heavy atom. The first-order valence-electron chi connectivity index (χ1n) is 11.1. The van der Waals surface area contributed by atoms with Crippen molar-refractivity contribution in [3.63, 3.8) is 0 Å². The van der Waals surface area contributed by atoms with Crippen LogP contribution in [-0.2, 0) is 38.8 Å². The fraction of sp³-hybridized carbons (Fsp3) is 0.333. The molecule has 0 amide bonds. The highest BCUT2D eigenvalue weighted by atomic mass is 32.1. The smallest absolute Gasteiger partial charge is 0.169 e. The van der Waals surface area contributed by atoms with Crippen LogP contribution in [0.3, 0.4) is 0 Å². The fourth-order valence-electron chi connectivity index (χ4n) is 3.84. The highest BCUT2D eigenvalue weighted by Crippen LogP contribution is 2.30. The molecule has 1 aliphatic rings. The van der Waals surface area contributed by atoms with Gasteiger partial charge in [0.25, 0.3) is 0 Å². The first-order chi connectivity index (χ1) is 16.2. The van der Waals surface area contributed by atoms with Crippen LogP contribution in [0.15, 0.2) is 91.0 Å². The quantitative estimate of drug-likeness (QED) is 0.434. The lowest BCUT2D eigenvalue weighted by atomic mass is 10.00. The molecule has 1 heterocycles. The summed E-state index contributed by atoms with van der Waals surface area (Å²) >= 11 is 4.61. The van der Waals surface area contributed by atoms with Gasteiger partial charge in [0, 0.05) is 0 Å². The van der Waals surface area contributed by atoms with Crippen LogP contribution in [0.2, 0.25) is 0 Å². The lowest BCUT2D eigenvalue weighted by Gasteiger charge is -2.43. The van der Waals surface area contributed by atoms with E-state index in [-0.39, 0.29) is 6.61 Å². The molecule has 4 rings (SSSR count). The summed E-state index contributed by atoms with van der Waals surface area (Å²) in [6.07, 6.45) is -2.53. The Balaban J connectivity index is 1.46. The summed E-state index contributed by atoms with van der Waals surface area (Å²) in [5.74, 6) is 0. The molecule has 5 nitrogen and oxygen atoms in total. The van der Waals surface area contributed by atoms with Gasteiger partial charge in [-0.25, -0.2) is 0 Å². The van der Waals surface area contributed by atoms with Crippen LogP contribution in [0.4, 0.5) is 0 Å². The molecule has 1 aliphatic heterocycles. The van der Waals surface area contributed by atoms with Gasteiger partial charge >= 0.3 is 0 Å². The van der Waals surface area contributed by atoms with Crippen molar-refractivity contribution in [2.24, 2.45) is 0 Å². The number of hydrogen-bond donors (Lipinski definition) is 2. The van der Waals surface area contributed by atoms with E-state index in [1.807, 2.05) is 91.0 Å². The number of aliphatic hydroxyl groups excluding tert-OH is 1. The largest absolute Gasteiger partial charge is 0.374 e. The predicted molar refractivity (Wildman–Crippen MR) is 130 cm³/mol. The molecule has 6 heteroatoms. The zero-order valence-corrected chi connectivity index (χ0v) is 19.3. The molecule has 1 saturated heterocycles. The van der Waals surface area contributed by atoms with Crippen LogP contribution in [0, 0.1) is 0 Å². The van der Waals surface area contributed by atoms with Crippen LogP contribution in [0.1, 0.15) is 16.7 Å². The fourth-order valence-corrected chi connectivity index (χ4v) is 4.16. The van der Waals surface area contributed by atoms with Crippen molar-refractivity contribution < 1.29 is 24.1 Å². The first-order valence-corrected chi connectivity index (χ1v) is 11.7. The molecular weight excluding hydrogens is 436 g/mol. The van der Waals surface area contributed by atoms with Crippen molar-refractivity contribution >= 4 is 12.6 Å². The summed E-state index contributed by atoms with van der Waals surface area (Å²) in [6, 6.07) is 29.8. The minimum absolute atomic E-state index is 0.261. The lowest BCUT2D eigenvalue weighted by molar-refractivity contribution is -0.260. The minimum Gasteiger partial charge on any atom is -0.374 e. The number of benzene rings is 3. The van der Waals surface area contributed by atoms with Gasteiger partial charge in [-0.15, -0.1) is 0 Å². The molecule has 0 saturated carbocycles. The Kier molecular flexibility index (Phi) is 8.94. The van der Waals surface area contributed by atoms with Crippen molar-refractivity contribution in [1.82, 2.24) is 0 Å². The van der Waals surface area contributed by atoms with Gasteiger partial charge in [-0.05, 0) is 16.7 Å². The van der Waals surface area contributed by atoms with E-state index in [1.165, 1.54) is 0 Å². The van der Waals surface area contributed by atoms with Gasteiger partial charge in [0.2, 0.25) is 0 Å². The molecular formula is C27H30O5S. The zero-order chi connectivity index (χ0) is 22.9. The van der Waals surface area contributed by atoms with Gasteiger partial charge in [0.05, 0.1) is 31.7 Å². The normalized spacial score (nSPS) is 25.1. The monoisotopic (exact) mass is 466 g/mol. The molecule has 0 bridgehead atoms.